The van der Waals surface area contributed by atoms with E-state index in [4.69, 9.17) is 28.3 Å². The van der Waals surface area contributed by atoms with Crippen LogP contribution in [0.2, 0.25) is 10.0 Å². The first-order valence-electron chi connectivity index (χ1n) is 5.55. The van der Waals surface area contributed by atoms with E-state index in [2.05, 4.69) is 0 Å². The minimum Gasteiger partial charge on any atom is -0.480 e. The van der Waals surface area contributed by atoms with E-state index in [0.29, 0.717) is 16.3 Å². The number of benzene rings is 1. The maximum Gasteiger partial charge on any atom is 0.319 e. The van der Waals surface area contributed by atoms with Gasteiger partial charge in [0.05, 0.1) is 20.8 Å². The predicted octanol–water partition coefficient (Wildman–Crippen LogP) is 3.74. The quantitative estimate of drug-likeness (QED) is 0.871. The smallest absolute Gasteiger partial charge is 0.319 e. The highest BCUT2D eigenvalue weighted by Gasteiger charge is 2.25. The third-order valence-corrected chi connectivity index (χ3v) is 4.89. The summed E-state index contributed by atoms with van der Waals surface area (Å²) in [5.41, 5.74) is 0. The third-order valence-electron chi connectivity index (χ3n) is 2.48. The fourth-order valence-electron chi connectivity index (χ4n) is 1.48. The molecule has 18 heavy (non-hydrogen) atoms. The molecule has 6 heteroatoms. The molecule has 0 radical (unpaired) electrons. The number of carboxylic acid groups (broad SMARTS) is 1. The lowest BCUT2D eigenvalue weighted by Gasteiger charge is -2.12. The van der Waals surface area contributed by atoms with Gasteiger partial charge in [0.15, 0.2) is 0 Å². The lowest BCUT2D eigenvalue weighted by atomic mass is 10.2. The van der Waals surface area contributed by atoms with Gasteiger partial charge in [-0.3, -0.25) is 9.00 Å². The average molecular weight is 309 g/mol. The molecule has 1 N–H and O–H groups in total. The Labute approximate surface area is 119 Å². The van der Waals surface area contributed by atoms with Gasteiger partial charge in [-0.05, 0) is 24.6 Å². The van der Waals surface area contributed by atoms with Gasteiger partial charge in [-0.1, -0.05) is 43.0 Å². The summed E-state index contributed by atoms with van der Waals surface area (Å²) in [6, 6.07) is 4.53. The van der Waals surface area contributed by atoms with Crippen LogP contribution in [0, 0.1) is 0 Å². The maximum absolute atomic E-state index is 12.2. The molecule has 0 heterocycles. The van der Waals surface area contributed by atoms with E-state index < -0.39 is 22.0 Å². The Kier molecular flexibility index (Phi) is 6.12. The third kappa shape index (κ3) is 3.97. The van der Waals surface area contributed by atoms with E-state index in [1.807, 2.05) is 6.92 Å². The SMILES string of the molecule is CCCCC(C(=O)O)S(=O)c1ccc(Cl)c(Cl)c1. The highest BCUT2D eigenvalue weighted by atomic mass is 35.5. The van der Waals surface area contributed by atoms with Crippen molar-refractivity contribution >= 4 is 40.0 Å². The van der Waals surface area contributed by atoms with Crippen LogP contribution in [0.15, 0.2) is 23.1 Å². The van der Waals surface area contributed by atoms with Crippen molar-refractivity contribution in [2.24, 2.45) is 0 Å². The summed E-state index contributed by atoms with van der Waals surface area (Å²) in [6.07, 6.45) is 1.98. The first-order valence-corrected chi connectivity index (χ1v) is 7.52. The molecule has 0 aliphatic rings. The number of hydrogen-bond acceptors (Lipinski definition) is 2. The van der Waals surface area contributed by atoms with Gasteiger partial charge >= 0.3 is 5.97 Å². The molecule has 2 atom stereocenters. The molecule has 2 unspecified atom stereocenters. The van der Waals surface area contributed by atoms with E-state index in [0.717, 1.165) is 12.8 Å². The van der Waals surface area contributed by atoms with Crippen LogP contribution in [0.3, 0.4) is 0 Å². The molecule has 0 aliphatic carbocycles. The van der Waals surface area contributed by atoms with Crippen LogP contribution in [0.5, 0.6) is 0 Å². The van der Waals surface area contributed by atoms with Crippen LogP contribution in [0.1, 0.15) is 26.2 Å². The number of halogens is 2. The van der Waals surface area contributed by atoms with Gasteiger partial charge in [-0.2, -0.15) is 0 Å². The van der Waals surface area contributed by atoms with E-state index in [9.17, 15) is 9.00 Å². The Bertz CT molecular complexity index is 463. The fourth-order valence-corrected chi connectivity index (χ4v) is 3.17. The second-order valence-corrected chi connectivity index (χ2v) is 6.29. The van der Waals surface area contributed by atoms with Gasteiger partial charge < -0.3 is 5.11 Å². The van der Waals surface area contributed by atoms with Crippen molar-refractivity contribution in [3.05, 3.63) is 28.2 Å². The average Bonchev–Trinajstić information content (AvgIpc) is 2.32. The lowest BCUT2D eigenvalue weighted by molar-refractivity contribution is -0.136. The minimum absolute atomic E-state index is 0.280. The highest BCUT2D eigenvalue weighted by molar-refractivity contribution is 7.86. The van der Waals surface area contributed by atoms with Crippen molar-refractivity contribution in [1.29, 1.82) is 0 Å². The molecule has 100 valence electrons. The summed E-state index contributed by atoms with van der Waals surface area (Å²) in [5.74, 6) is -1.05. The van der Waals surface area contributed by atoms with E-state index in [1.54, 1.807) is 6.07 Å². The van der Waals surface area contributed by atoms with Crippen LogP contribution in [0.4, 0.5) is 0 Å². The first kappa shape index (κ1) is 15.5. The maximum atomic E-state index is 12.2. The number of rotatable bonds is 6. The molecule has 0 saturated carbocycles. The number of aliphatic carboxylic acids is 1. The van der Waals surface area contributed by atoms with Gasteiger partial charge in [-0.25, -0.2) is 0 Å². The first-order chi connectivity index (χ1) is 8.47. The number of carbonyl (C=O) groups is 1. The molecule has 0 spiro atoms. The fraction of sp³-hybridized carbons (Fsp3) is 0.417. The molecule has 0 amide bonds. The summed E-state index contributed by atoms with van der Waals surface area (Å²) in [6.45, 7) is 1.96. The molecular formula is C12H14Cl2O3S. The largest absolute Gasteiger partial charge is 0.480 e. The zero-order chi connectivity index (χ0) is 13.7. The van der Waals surface area contributed by atoms with Crippen LogP contribution in [-0.2, 0) is 15.6 Å². The second kappa shape index (κ2) is 7.12. The summed E-state index contributed by atoms with van der Waals surface area (Å²) in [5, 5.41) is 8.84. The molecule has 0 aliphatic heterocycles. The normalized spacial score (nSPS) is 14.2. The van der Waals surface area contributed by atoms with Crippen LogP contribution < -0.4 is 0 Å². The number of carboxylic acids is 1. The lowest BCUT2D eigenvalue weighted by Crippen LogP contribution is -2.25. The van der Waals surface area contributed by atoms with Crippen molar-refractivity contribution in [2.75, 3.05) is 0 Å². The number of unbranched alkanes of at least 4 members (excludes halogenated alkanes) is 1. The van der Waals surface area contributed by atoms with E-state index in [-0.39, 0.29) is 5.02 Å². The van der Waals surface area contributed by atoms with Crippen LogP contribution in [0.25, 0.3) is 0 Å². The summed E-state index contributed by atoms with van der Waals surface area (Å²) in [7, 11) is -1.61. The molecule has 1 aromatic rings. The topological polar surface area (TPSA) is 54.4 Å². The monoisotopic (exact) mass is 308 g/mol. The summed E-state index contributed by atoms with van der Waals surface area (Å²) in [4.78, 5) is 11.5. The van der Waals surface area contributed by atoms with Gasteiger partial charge in [0.1, 0.15) is 5.25 Å². The molecule has 0 bridgehead atoms. The second-order valence-electron chi connectivity index (χ2n) is 3.84. The molecule has 0 aromatic heterocycles. The number of hydrogen-bond donors (Lipinski definition) is 1. The zero-order valence-corrected chi connectivity index (χ0v) is 12.2. The molecule has 0 saturated heterocycles. The Hall–Kier alpha value is -0.580. The molecular weight excluding hydrogens is 295 g/mol. The van der Waals surface area contributed by atoms with Crippen molar-refractivity contribution < 1.29 is 14.1 Å². The Morgan fingerprint density at radius 3 is 2.56 bits per heavy atom. The van der Waals surface area contributed by atoms with Gasteiger partial charge in [0.2, 0.25) is 0 Å². The summed E-state index contributed by atoms with van der Waals surface area (Å²) < 4.78 is 12.2. The van der Waals surface area contributed by atoms with Crippen LogP contribution in [-0.4, -0.2) is 20.5 Å². The molecule has 1 aromatic carbocycles. The van der Waals surface area contributed by atoms with Gasteiger partial charge in [-0.15, -0.1) is 0 Å². The van der Waals surface area contributed by atoms with Crippen molar-refractivity contribution in [2.45, 2.75) is 36.3 Å². The molecule has 3 nitrogen and oxygen atoms in total. The van der Waals surface area contributed by atoms with Gasteiger partial charge in [0.25, 0.3) is 0 Å². The Balaban J connectivity index is 2.94. The van der Waals surface area contributed by atoms with Crippen molar-refractivity contribution in [3.8, 4) is 0 Å². The predicted molar refractivity (Wildman–Crippen MR) is 73.8 cm³/mol. The zero-order valence-electron chi connectivity index (χ0n) is 9.86. The van der Waals surface area contributed by atoms with E-state index >= 15 is 0 Å². The minimum atomic E-state index is -1.61. The standard InChI is InChI=1S/C12H14Cl2O3S/c1-2-3-4-11(12(15)16)18(17)8-5-6-9(13)10(14)7-8/h5-7,11H,2-4H2,1H3,(H,15,16). The van der Waals surface area contributed by atoms with Gasteiger partial charge in [0, 0.05) is 4.90 Å². The Morgan fingerprint density at radius 2 is 2.06 bits per heavy atom. The molecule has 0 fully saturated rings. The molecule has 1 rings (SSSR count). The van der Waals surface area contributed by atoms with Crippen LogP contribution >= 0.6 is 23.2 Å². The van der Waals surface area contributed by atoms with Crippen molar-refractivity contribution in [3.63, 3.8) is 0 Å². The Morgan fingerprint density at radius 1 is 1.39 bits per heavy atom. The highest BCUT2D eigenvalue weighted by Crippen LogP contribution is 2.26. The van der Waals surface area contributed by atoms with Crippen molar-refractivity contribution in [1.82, 2.24) is 0 Å². The summed E-state index contributed by atoms with van der Waals surface area (Å²) >= 11 is 11.6. The van der Waals surface area contributed by atoms with E-state index in [1.165, 1.54) is 12.1 Å².